The maximum atomic E-state index is 10.2. The molecule has 0 radical (unpaired) electrons. The van der Waals surface area contributed by atoms with Crippen LogP contribution >= 0.6 is 0 Å². The molecule has 4 fully saturated rings. The molecule has 0 aromatic heterocycles. The van der Waals surface area contributed by atoms with Crippen LogP contribution in [0.15, 0.2) is 0 Å². The summed E-state index contributed by atoms with van der Waals surface area (Å²) in [7, 11) is 0. The monoisotopic (exact) mass is 304 g/mol. The predicted molar refractivity (Wildman–Crippen MR) is 91.5 cm³/mol. The molecule has 0 aromatic rings. The van der Waals surface area contributed by atoms with Gasteiger partial charge in [0.2, 0.25) is 0 Å². The Morgan fingerprint density at radius 1 is 0.545 bits per heavy atom. The molecule has 0 saturated heterocycles. The van der Waals surface area contributed by atoms with Crippen LogP contribution in [0.5, 0.6) is 0 Å². The summed E-state index contributed by atoms with van der Waals surface area (Å²) < 4.78 is 0. The van der Waals surface area contributed by atoms with Crippen LogP contribution in [0.1, 0.15) is 83.5 Å². The first kappa shape index (κ1) is 15.5. The first-order valence-corrected chi connectivity index (χ1v) is 10.5. The lowest BCUT2D eigenvalue weighted by atomic mass is 9.48. The number of fused-ring (bicyclic) bond motifs is 2. The third-order valence-corrected chi connectivity index (χ3v) is 8.24. The molecule has 4 rings (SSSR count). The molecule has 4 aliphatic rings. The summed E-state index contributed by atoms with van der Waals surface area (Å²) in [5.41, 5.74) is 0. The third-order valence-electron chi connectivity index (χ3n) is 8.24. The summed E-state index contributed by atoms with van der Waals surface area (Å²) in [6.07, 6.45) is 19.2. The SMILES string of the molecule is OCC1C2CCCCC2C(C2CCCCC2)C2CCCCC12. The molecule has 0 amide bonds. The van der Waals surface area contributed by atoms with Crippen LogP contribution in [0, 0.1) is 41.4 Å². The number of hydrogen-bond acceptors (Lipinski definition) is 1. The molecule has 0 bridgehead atoms. The highest BCUT2D eigenvalue weighted by Crippen LogP contribution is 2.59. The van der Waals surface area contributed by atoms with Gasteiger partial charge in [0.15, 0.2) is 0 Å². The fourth-order valence-corrected chi connectivity index (χ4v) is 7.52. The van der Waals surface area contributed by atoms with Gasteiger partial charge in [0.05, 0.1) is 0 Å². The van der Waals surface area contributed by atoms with Crippen molar-refractivity contribution in [2.75, 3.05) is 6.61 Å². The standard InChI is InChI=1S/C21H36O/c22-14-20-16-10-4-6-12-18(16)21(15-8-2-1-3-9-15)19-13-7-5-11-17(19)20/h15-22H,1-14H2. The van der Waals surface area contributed by atoms with Crippen molar-refractivity contribution in [1.29, 1.82) is 0 Å². The van der Waals surface area contributed by atoms with Gasteiger partial charge in [0.25, 0.3) is 0 Å². The minimum absolute atomic E-state index is 0.486. The molecule has 22 heavy (non-hydrogen) atoms. The zero-order valence-corrected chi connectivity index (χ0v) is 14.4. The van der Waals surface area contributed by atoms with E-state index in [2.05, 4.69) is 0 Å². The Balaban J connectivity index is 1.63. The van der Waals surface area contributed by atoms with Crippen molar-refractivity contribution in [2.24, 2.45) is 41.4 Å². The molecule has 0 spiro atoms. The lowest BCUT2D eigenvalue weighted by molar-refractivity contribution is -0.102. The summed E-state index contributed by atoms with van der Waals surface area (Å²) in [6.45, 7) is 0.486. The molecule has 1 nitrogen and oxygen atoms in total. The van der Waals surface area contributed by atoms with Gasteiger partial charge in [-0.05, 0) is 67.1 Å². The zero-order chi connectivity index (χ0) is 14.9. The molecule has 0 aromatic carbocycles. The van der Waals surface area contributed by atoms with Gasteiger partial charge in [-0.2, -0.15) is 0 Å². The first-order chi connectivity index (χ1) is 10.9. The molecule has 1 heteroatoms. The Hall–Kier alpha value is -0.0400. The Morgan fingerprint density at radius 3 is 1.50 bits per heavy atom. The second kappa shape index (κ2) is 6.83. The van der Waals surface area contributed by atoms with E-state index < -0.39 is 0 Å². The number of aliphatic hydroxyl groups excluding tert-OH is 1. The highest BCUT2D eigenvalue weighted by atomic mass is 16.3. The predicted octanol–water partition coefficient (Wildman–Crippen LogP) is 5.42. The second-order valence-corrected chi connectivity index (χ2v) is 9.05. The largest absolute Gasteiger partial charge is 0.396 e. The molecular formula is C21H36O. The highest BCUT2D eigenvalue weighted by Gasteiger charge is 2.52. The van der Waals surface area contributed by atoms with Gasteiger partial charge in [-0.1, -0.05) is 57.8 Å². The van der Waals surface area contributed by atoms with Crippen LogP contribution in [0.25, 0.3) is 0 Å². The lowest BCUT2D eigenvalue weighted by Crippen LogP contribution is -2.52. The zero-order valence-electron chi connectivity index (χ0n) is 14.4. The van der Waals surface area contributed by atoms with Crippen molar-refractivity contribution in [1.82, 2.24) is 0 Å². The molecule has 4 aliphatic carbocycles. The summed E-state index contributed by atoms with van der Waals surface area (Å²) in [6, 6.07) is 0. The smallest absolute Gasteiger partial charge is 0.0464 e. The van der Waals surface area contributed by atoms with Crippen molar-refractivity contribution in [3.63, 3.8) is 0 Å². The number of hydrogen-bond donors (Lipinski definition) is 1. The Bertz CT molecular complexity index is 335. The van der Waals surface area contributed by atoms with E-state index >= 15 is 0 Å². The minimum Gasteiger partial charge on any atom is -0.396 e. The van der Waals surface area contributed by atoms with E-state index in [1.54, 1.807) is 0 Å². The number of aliphatic hydroxyl groups is 1. The molecular weight excluding hydrogens is 268 g/mol. The van der Waals surface area contributed by atoms with Crippen LogP contribution in [-0.2, 0) is 0 Å². The van der Waals surface area contributed by atoms with E-state index in [0.717, 1.165) is 35.5 Å². The fourth-order valence-electron chi connectivity index (χ4n) is 7.52. The van der Waals surface area contributed by atoms with Crippen LogP contribution in [0.4, 0.5) is 0 Å². The van der Waals surface area contributed by atoms with Gasteiger partial charge in [-0.25, -0.2) is 0 Å². The average molecular weight is 305 g/mol. The van der Waals surface area contributed by atoms with E-state index in [1.807, 2.05) is 0 Å². The Labute approximate surface area is 137 Å². The van der Waals surface area contributed by atoms with Gasteiger partial charge in [-0.3, -0.25) is 0 Å². The molecule has 4 atom stereocenters. The van der Waals surface area contributed by atoms with Crippen molar-refractivity contribution in [3.8, 4) is 0 Å². The van der Waals surface area contributed by atoms with Crippen LogP contribution in [0.3, 0.4) is 0 Å². The van der Waals surface area contributed by atoms with E-state index in [4.69, 9.17) is 0 Å². The molecule has 0 aliphatic heterocycles. The Morgan fingerprint density at radius 2 is 1.00 bits per heavy atom. The van der Waals surface area contributed by atoms with Crippen LogP contribution in [-0.4, -0.2) is 11.7 Å². The van der Waals surface area contributed by atoms with Gasteiger partial charge in [0.1, 0.15) is 0 Å². The van der Waals surface area contributed by atoms with Crippen LogP contribution in [0.2, 0.25) is 0 Å². The normalized spacial score (nSPS) is 46.8. The first-order valence-electron chi connectivity index (χ1n) is 10.5. The third kappa shape index (κ3) is 2.66. The topological polar surface area (TPSA) is 20.2 Å². The summed E-state index contributed by atoms with van der Waals surface area (Å²) >= 11 is 0. The van der Waals surface area contributed by atoms with Crippen molar-refractivity contribution >= 4 is 0 Å². The molecule has 4 saturated carbocycles. The van der Waals surface area contributed by atoms with E-state index in [9.17, 15) is 5.11 Å². The number of rotatable bonds is 2. The minimum atomic E-state index is 0.486. The van der Waals surface area contributed by atoms with Crippen molar-refractivity contribution in [3.05, 3.63) is 0 Å². The highest BCUT2D eigenvalue weighted by molar-refractivity contribution is 5.01. The maximum Gasteiger partial charge on any atom is 0.0464 e. The van der Waals surface area contributed by atoms with Crippen LogP contribution < -0.4 is 0 Å². The maximum absolute atomic E-state index is 10.2. The Kier molecular flexibility index (Phi) is 4.81. The molecule has 126 valence electrons. The van der Waals surface area contributed by atoms with E-state index in [-0.39, 0.29) is 0 Å². The quantitative estimate of drug-likeness (QED) is 0.722. The van der Waals surface area contributed by atoms with Gasteiger partial charge in [-0.15, -0.1) is 0 Å². The molecule has 0 heterocycles. The van der Waals surface area contributed by atoms with Gasteiger partial charge in [0, 0.05) is 6.61 Å². The van der Waals surface area contributed by atoms with Gasteiger partial charge < -0.3 is 5.11 Å². The molecule has 1 N–H and O–H groups in total. The summed E-state index contributed by atoms with van der Waals surface area (Å²) in [4.78, 5) is 0. The lowest BCUT2D eigenvalue weighted by Gasteiger charge is -2.58. The van der Waals surface area contributed by atoms with Crippen molar-refractivity contribution in [2.45, 2.75) is 83.5 Å². The van der Waals surface area contributed by atoms with Gasteiger partial charge >= 0.3 is 0 Å². The summed E-state index contributed by atoms with van der Waals surface area (Å²) in [5.74, 6) is 6.47. The van der Waals surface area contributed by atoms with E-state index in [0.29, 0.717) is 12.5 Å². The average Bonchev–Trinajstić information content (AvgIpc) is 2.60. The second-order valence-electron chi connectivity index (χ2n) is 9.05. The summed E-state index contributed by atoms with van der Waals surface area (Å²) in [5, 5.41) is 10.2. The molecule has 4 unspecified atom stereocenters. The van der Waals surface area contributed by atoms with Crippen molar-refractivity contribution < 1.29 is 5.11 Å². The van der Waals surface area contributed by atoms with E-state index in [1.165, 1.54) is 83.5 Å². The fraction of sp³-hybridized carbons (Fsp3) is 1.00.